The smallest absolute Gasteiger partial charge is 0.227 e. The fourth-order valence-electron chi connectivity index (χ4n) is 2.33. The van der Waals surface area contributed by atoms with Crippen LogP contribution in [0.2, 0.25) is 0 Å². The second-order valence-corrected chi connectivity index (χ2v) is 5.03. The van der Waals surface area contributed by atoms with Crippen LogP contribution >= 0.6 is 0 Å². The van der Waals surface area contributed by atoms with Crippen LogP contribution < -0.4 is 0 Å². The fraction of sp³-hybridized carbons (Fsp3) is 0.467. The predicted molar refractivity (Wildman–Crippen MR) is 73.3 cm³/mol. The van der Waals surface area contributed by atoms with Crippen LogP contribution in [0, 0.1) is 17.1 Å². The topological polar surface area (TPSA) is 47.3 Å². The standard InChI is InChI=1S/C15H18FN3O/c1-12(11-17)18-6-8-19(9-7-18)15(20)10-13-2-4-14(16)5-3-13/h2-5,12H,6-10H2,1H3. The van der Waals surface area contributed by atoms with Gasteiger partial charge in [0.1, 0.15) is 5.82 Å². The van der Waals surface area contributed by atoms with Crippen molar-refractivity contribution < 1.29 is 9.18 Å². The van der Waals surface area contributed by atoms with Crippen molar-refractivity contribution in [2.45, 2.75) is 19.4 Å². The molecule has 1 saturated heterocycles. The first kappa shape index (κ1) is 14.5. The average molecular weight is 275 g/mol. The average Bonchev–Trinajstić information content (AvgIpc) is 2.49. The molecule has 0 aliphatic carbocycles. The Labute approximate surface area is 118 Å². The first-order chi connectivity index (χ1) is 9.60. The lowest BCUT2D eigenvalue weighted by Gasteiger charge is -2.36. The summed E-state index contributed by atoms with van der Waals surface area (Å²) in [6, 6.07) is 8.12. The molecule has 4 nitrogen and oxygen atoms in total. The van der Waals surface area contributed by atoms with Gasteiger partial charge in [-0.1, -0.05) is 12.1 Å². The lowest BCUT2D eigenvalue weighted by Crippen LogP contribution is -2.51. The van der Waals surface area contributed by atoms with E-state index in [4.69, 9.17) is 5.26 Å². The maximum atomic E-state index is 12.8. The summed E-state index contributed by atoms with van der Waals surface area (Å²) in [6.07, 6.45) is 0.300. The monoisotopic (exact) mass is 275 g/mol. The number of carbonyl (C=O) groups is 1. The second kappa shape index (κ2) is 6.49. The molecular weight excluding hydrogens is 257 g/mol. The van der Waals surface area contributed by atoms with Gasteiger partial charge in [-0.2, -0.15) is 5.26 Å². The van der Waals surface area contributed by atoms with Crippen LogP contribution in [-0.4, -0.2) is 47.9 Å². The maximum Gasteiger partial charge on any atom is 0.227 e. The molecule has 1 aliphatic heterocycles. The minimum absolute atomic E-state index is 0.0564. The Morgan fingerprint density at radius 2 is 1.90 bits per heavy atom. The van der Waals surface area contributed by atoms with Gasteiger partial charge in [0.15, 0.2) is 0 Å². The van der Waals surface area contributed by atoms with Crippen LogP contribution in [0.3, 0.4) is 0 Å². The second-order valence-electron chi connectivity index (χ2n) is 5.03. The van der Waals surface area contributed by atoms with Crippen molar-refractivity contribution in [2.24, 2.45) is 0 Å². The normalized spacial score (nSPS) is 17.6. The van der Waals surface area contributed by atoms with E-state index < -0.39 is 0 Å². The summed E-state index contributed by atoms with van der Waals surface area (Å²) in [7, 11) is 0. The van der Waals surface area contributed by atoms with Gasteiger partial charge in [-0.3, -0.25) is 9.69 Å². The molecule has 106 valence electrons. The summed E-state index contributed by atoms with van der Waals surface area (Å²) in [4.78, 5) is 16.0. The molecular formula is C15H18FN3O. The zero-order chi connectivity index (χ0) is 14.5. The van der Waals surface area contributed by atoms with Crippen molar-refractivity contribution in [2.75, 3.05) is 26.2 Å². The fourth-order valence-corrected chi connectivity index (χ4v) is 2.33. The third-order valence-corrected chi connectivity index (χ3v) is 3.67. The number of hydrogen-bond acceptors (Lipinski definition) is 3. The Morgan fingerprint density at radius 1 is 1.30 bits per heavy atom. The lowest BCUT2D eigenvalue weighted by molar-refractivity contribution is -0.132. The van der Waals surface area contributed by atoms with Gasteiger partial charge in [-0.15, -0.1) is 0 Å². The Morgan fingerprint density at radius 3 is 2.45 bits per heavy atom. The van der Waals surface area contributed by atoms with Crippen LogP contribution in [0.5, 0.6) is 0 Å². The molecule has 1 aromatic carbocycles. The third kappa shape index (κ3) is 3.55. The van der Waals surface area contributed by atoms with E-state index in [2.05, 4.69) is 11.0 Å². The molecule has 20 heavy (non-hydrogen) atoms. The van der Waals surface area contributed by atoms with Gasteiger partial charge in [0.2, 0.25) is 5.91 Å². The van der Waals surface area contributed by atoms with Gasteiger partial charge in [0.05, 0.1) is 18.5 Å². The molecule has 0 saturated carbocycles. The highest BCUT2D eigenvalue weighted by molar-refractivity contribution is 5.78. The number of hydrogen-bond donors (Lipinski definition) is 0. The summed E-state index contributed by atoms with van der Waals surface area (Å²) in [5, 5.41) is 8.88. The minimum atomic E-state index is -0.291. The molecule has 0 spiro atoms. The molecule has 1 aromatic rings. The largest absolute Gasteiger partial charge is 0.340 e. The van der Waals surface area contributed by atoms with Gasteiger partial charge in [0, 0.05) is 26.2 Å². The Balaban J connectivity index is 1.86. The highest BCUT2D eigenvalue weighted by Crippen LogP contribution is 2.09. The molecule has 5 heteroatoms. The zero-order valence-corrected chi connectivity index (χ0v) is 11.6. The van der Waals surface area contributed by atoms with Crippen molar-refractivity contribution in [3.63, 3.8) is 0 Å². The van der Waals surface area contributed by atoms with E-state index in [1.807, 2.05) is 11.8 Å². The predicted octanol–water partition coefficient (Wildman–Crippen LogP) is 1.42. The van der Waals surface area contributed by atoms with Crippen molar-refractivity contribution in [3.8, 4) is 6.07 Å². The number of nitriles is 1. The number of rotatable bonds is 3. The van der Waals surface area contributed by atoms with E-state index in [-0.39, 0.29) is 17.8 Å². The van der Waals surface area contributed by atoms with Crippen molar-refractivity contribution in [3.05, 3.63) is 35.6 Å². The van der Waals surface area contributed by atoms with Gasteiger partial charge in [0.25, 0.3) is 0 Å². The van der Waals surface area contributed by atoms with E-state index in [0.29, 0.717) is 19.5 Å². The van der Waals surface area contributed by atoms with Crippen molar-refractivity contribution in [1.82, 2.24) is 9.80 Å². The van der Waals surface area contributed by atoms with E-state index in [9.17, 15) is 9.18 Å². The number of carbonyl (C=O) groups excluding carboxylic acids is 1. The summed E-state index contributed by atoms with van der Waals surface area (Å²) in [5.74, 6) is -0.235. The van der Waals surface area contributed by atoms with Crippen molar-refractivity contribution >= 4 is 5.91 Å². The van der Waals surface area contributed by atoms with E-state index >= 15 is 0 Å². The minimum Gasteiger partial charge on any atom is -0.340 e. The van der Waals surface area contributed by atoms with Crippen LogP contribution in [-0.2, 0) is 11.2 Å². The van der Waals surface area contributed by atoms with Gasteiger partial charge >= 0.3 is 0 Å². The highest BCUT2D eigenvalue weighted by atomic mass is 19.1. The van der Waals surface area contributed by atoms with Gasteiger partial charge < -0.3 is 4.90 Å². The Bertz CT molecular complexity index is 501. The summed E-state index contributed by atoms with van der Waals surface area (Å²) in [5.41, 5.74) is 0.823. The summed E-state index contributed by atoms with van der Waals surface area (Å²) in [6.45, 7) is 4.61. The number of nitrogens with zero attached hydrogens (tertiary/aromatic N) is 3. The van der Waals surface area contributed by atoms with Gasteiger partial charge in [-0.05, 0) is 24.6 Å². The van der Waals surface area contributed by atoms with Crippen LogP contribution in [0.4, 0.5) is 4.39 Å². The SMILES string of the molecule is CC(C#N)N1CCN(C(=O)Cc2ccc(F)cc2)CC1. The number of benzene rings is 1. The molecule has 0 N–H and O–H groups in total. The third-order valence-electron chi connectivity index (χ3n) is 3.67. The quantitative estimate of drug-likeness (QED) is 0.838. The molecule has 1 heterocycles. The van der Waals surface area contributed by atoms with Crippen LogP contribution in [0.1, 0.15) is 12.5 Å². The molecule has 0 bridgehead atoms. The van der Waals surface area contributed by atoms with Crippen LogP contribution in [0.15, 0.2) is 24.3 Å². The Hall–Kier alpha value is -1.93. The van der Waals surface area contributed by atoms with E-state index in [1.165, 1.54) is 12.1 Å². The molecule has 1 aliphatic rings. The summed E-state index contributed by atoms with van der Waals surface area (Å²) < 4.78 is 12.8. The molecule has 0 radical (unpaired) electrons. The van der Waals surface area contributed by atoms with E-state index in [0.717, 1.165) is 18.7 Å². The summed E-state index contributed by atoms with van der Waals surface area (Å²) >= 11 is 0. The highest BCUT2D eigenvalue weighted by Gasteiger charge is 2.23. The molecule has 1 amide bonds. The molecule has 1 unspecified atom stereocenters. The first-order valence-corrected chi connectivity index (χ1v) is 6.76. The lowest BCUT2D eigenvalue weighted by atomic mass is 10.1. The first-order valence-electron chi connectivity index (χ1n) is 6.76. The molecule has 1 fully saturated rings. The van der Waals surface area contributed by atoms with Gasteiger partial charge in [-0.25, -0.2) is 4.39 Å². The maximum absolute atomic E-state index is 12.8. The van der Waals surface area contributed by atoms with Crippen molar-refractivity contribution in [1.29, 1.82) is 5.26 Å². The Kier molecular flexibility index (Phi) is 4.70. The zero-order valence-electron chi connectivity index (χ0n) is 11.6. The van der Waals surface area contributed by atoms with Crippen LogP contribution in [0.25, 0.3) is 0 Å². The molecule has 2 rings (SSSR count). The molecule has 0 aromatic heterocycles. The number of halogens is 1. The van der Waals surface area contributed by atoms with E-state index in [1.54, 1.807) is 12.1 Å². The molecule has 1 atom stereocenters. The number of piperazine rings is 1. The number of amides is 1.